The number of hydrogen-bond acceptors (Lipinski definition) is 3. The summed E-state index contributed by atoms with van der Waals surface area (Å²) in [6, 6.07) is 2.41. The highest BCUT2D eigenvalue weighted by atomic mass is 15.0. The third kappa shape index (κ3) is 2.76. The maximum absolute atomic E-state index is 4.54. The zero-order chi connectivity index (χ0) is 13.1. The Balaban J connectivity index is 2.11. The van der Waals surface area contributed by atoms with Crippen LogP contribution in [-0.4, -0.2) is 15.0 Å². The lowest BCUT2D eigenvalue weighted by atomic mass is 10.0. The molecule has 2 aromatic rings. The highest BCUT2D eigenvalue weighted by molar-refractivity contribution is 5.33. The lowest BCUT2D eigenvalue weighted by Gasteiger charge is -2.18. The average molecular weight is 244 g/mol. The Kier molecular flexibility index (Phi) is 3.77. The Morgan fingerprint density at radius 1 is 1.33 bits per heavy atom. The van der Waals surface area contributed by atoms with Gasteiger partial charge < -0.3 is 10.3 Å². The number of aryl methyl sites for hydroxylation is 3. The molecule has 2 aromatic heterocycles. The summed E-state index contributed by atoms with van der Waals surface area (Å²) in [5, 5.41) is 3.49. The van der Waals surface area contributed by atoms with Crippen LogP contribution in [-0.2, 0) is 6.54 Å². The predicted octanol–water partition coefficient (Wildman–Crippen LogP) is 2.58. The van der Waals surface area contributed by atoms with E-state index in [2.05, 4.69) is 47.1 Å². The van der Waals surface area contributed by atoms with Gasteiger partial charge in [0.2, 0.25) is 0 Å². The van der Waals surface area contributed by atoms with Crippen LogP contribution < -0.4 is 5.32 Å². The SMILES string of the molecule is Cc1cc(C)c(C(C)NCc2cnc[nH]2)c(C)n1. The zero-order valence-corrected chi connectivity index (χ0v) is 11.4. The molecular weight excluding hydrogens is 224 g/mol. The van der Waals surface area contributed by atoms with E-state index in [-0.39, 0.29) is 6.04 Å². The van der Waals surface area contributed by atoms with Crippen LogP contribution in [0.5, 0.6) is 0 Å². The van der Waals surface area contributed by atoms with E-state index in [1.807, 2.05) is 13.1 Å². The first-order chi connectivity index (χ1) is 8.58. The van der Waals surface area contributed by atoms with Gasteiger partial charge in [-0.3, -0.25) is 4.98 Å². The second-order valence-corrected chi connectivity index (χ2v) is 4.76. The van der Waals surface area contributed by atoms with Crippen molar-refractivity contribution in [3.63, 3.8) is 0 Å². The largest absolute Gasteiger partial charge is 0.347 e. The lowest BCUT2D eigenvalue weighted by molar-refractivity contribution is 0.561. The van der Waals surface area contributed by atoms with Gasteiger partial charge in [0.25, 0.3) is 0 Å². The fourth-order valence-corrected chi connectivity index (χ4v) is 2.43. The molecule has 96 valence electrons. The average Bonchev–Trinajstić information content (AvgIpc) is 2.77. The van der Waals surface area contributed by atoms with Crippen molar-refractivity contribution in [2.24, 2.45) is 0 Å². The molecule has 18 heavy (non-hydrogen) atoms. The molecule has 0 fully saturated rings. The molecule has 2 rings (SSSR count). The molecule has 0 aliphatic rings. The number of aromatic nitrogens is 3. The molecule has 0 radical (unpaired) electrons. The van der Waals surface area contributed by atoms with Crippen LogP contribution in [0.4, 0.5) is 0 Å². The van der Waals surface area contributed by atoms with Gasteiger partial charge in [0.05, 0.1) is 6.33 Å². The van der Waals surface area contributed by atoms with Gasteiger partial charge in [-0.15, -0.1) is 0 Å². The summed E-state index contributed by atoms with van der Waals surface area (Å²) in [5.41, 5.74) is 5.87. The summed E-state index contributed by atoms with van der Waals surface area (Å²) < 4.78 is 0. The molecule has 4 heteroatoms. The lowest BCUT2D eigenvalue weighted by Crippen LogP contribution is -2.20. The number of hydrogen-bond donors (Lipinski definition) is 2. The quantitative estimate of drug-likeness (QED) is 0.869. The van der Waals surface area contributed by atoms with E-state index < -0.39 is 0 Å². The highest BCUT2D eigenvalue weighted by Gasteiger charge is 2.12. The highest BCUT2D eigenvalue weighted by Crippen LogP contribution is 2.21. The zero-order valence-electron chi connectivity index (χ0n) is 11.4. The van der Waals surface area contributed by atoms with Crippen LogP contribution >= 0.6 is 0 Å². The maximum Gasteiger partial charge on any atom is 0.0922 e. The van der Waals surface area contributed by atoms with E-state index in [4.69, 9.17) is 0 Å². The first-order valence-corrected chi connectivity index (χ1v) is 6.23. The van der Waals surface area contributed by atoms with Crippen molar-refractivity contribution in [3.8, 4) is 0 Å². The number of nitrogens with one attached hydrogen (secondary N) is 2. The van der Waals surface area contributed by atoms with Crippen molar-refractivity contribution < 1.29 is 0 Å². The monoisotopic (exact) mass is 244 g/mol. The number of imidazole rings is 1. The minimum Gasteiger partial charge on any atom is -0.347 e. The third-order valence-corrected chi connectivity index (χ3v) is 3.17. The minimum absolute atomic E-state index is 0.279. The van der Waals surface area contributed by atoms with Crippen LogP contribution in [0.15, 0.2) is 18.6 Å². The number of H-pyrrole nitrogens is 1. The normalized spacial score (nSPS) is 12.7. The Bertz CT molecular complexity index is 494. The van der Waals surface area contributed by atoms with Gasteiger partial charge in [-0.25, -0.2) is 4.98 Å². The van der Waals surface area contributed by atoms with Crippen molar-refractivity contribution in [2.45, 2.75) is 40.3 Å². The Morgan fingerprint density at radius 3 is 2.72 bits per heavy atom. The molecule has 0 spiro atoms. The Labute approximate surface area is 108 Å². The second-order valence-electron chi connectivity index (χ2n) is 4.76. The first-order valence-electron chi connectivity index (χ1n) is 6.23. The summed E-state index contributed by atoms with van der Waals surface area (Å²) in [6.07, 6.45) is 3.54. The van der Waals surface area contributed by atoms with Crippen LogP contribution in [0.1, 0.15) is 41.2 Å². The molecule has 2 heterocycles. The summed E-state index contributed by atoms with van der Waals surface area (Å²) in [4.78, 5) is 11.6. The van der Waals surface area contributed by atoms with Gasteiger partial charge in [0, 0.05) is 35.9 Å². The second kappa shape index (κ2) is 5.31. The summed E-state index contributed by atoms with van der Waals surface area (Å²) in [7, 11) is 0. The third-order valence-electron chi connectivity index (χ3n) is 3.17. The van der Waals surface area contributed by atoms with Gasteiger partial charge in [-0.2, -0.15) is 0 Å². The number of nitrogens with zero attached hydrogens (tertiary/aromatic N) is 2. The number of rotatable bonds is 4. The minimum atomic E-state index is 0.279. The van der Waals surface area contributed by atoms with Crippen LogP contribution in [0.25, 0.3) is 0 Å². The van der Waals surface area contributed by atoms with Gasteiger partial charge in [-0.05, 0) is 44.9 Å². The fourth-order valence-electron chi connectivity index (χ4n) is 2.43. The molecule has 0 aromatic carbocycles. The topological polar surface area (TPSA) is 53.6 Å². The van der Waals surface area contributed by atoms with Crippen molar-refractivity contribution in [3.05, 3.63) is 46.8 Å². The first kappa shape index (κ1) is 12.8. The molecule has 0 bridgehead atoms. The molecule has 1 atom stereocenters. The van der Waals surface area contributed by atoms with Crippen molar-refractivity contribution in [1.82, 2.24) is 20.3 Å². The molecule has 0 aliphatic heterocycles. The summed E-state index contributed by atoms with van der Waals surface area (Å²) in [5.74, 6) is 0. The van der Waals surface area contributed by atoms with Crippen LogP contribution in [0, 0.1) is 20.8 Å². The smallest absolute Gasteiger partial charge is 0.0922 e. The molecule has 4 nitrogen and oxygen atoms in total. The van der Waals surface area contributed by atoms with Crippen molar-refractivity contribution in [2.75, 3.05) is 0 Å². The molecule has 0 aliphatic carbocycles. The van der Waals surface area contributed by atoms with E-state index >= 15 is 0 Å². The number of pyridine rings is 1. The molecule has 0 amide bonds. The van der Waals surface area contributed by atoms with Crippen molar-refractivity contribution >= 4 is 0 Å². The van der Waals surface area contributed by atoms with Gasteiger partial charge >= 0.3 is 0 Å². The van der Waals surface area contributed by atoms with E-state index in [0.29, 0.717) is 0 Å². The molecular formula is C14H20N4. The molecule has 2 N–H and O–H groups in total. The van der Waals surface area contributed by atoms with E-state index in [1.165, 1.54) is 11.1 Å². The van der Waals surface area contributed by atoms with E-state index in [0.717, 1.165) is 23.6 Å². The summed E-state index contributed by atoms with van der Waals surface area (Å²) >= 11 is 0. The molecule has 0 saturated heterocycles. The standard InChI is InChI=1S/C14H20N4/c1-9-5-10(2)18-12(4)14(9)11(3)16-7-13-6-15-8-17-13/h5-6,8,11,16H,7H2,1-4H3,(H,15,17). The van der Waals surface area contributed by atoms with Gasteiger partial charge in [0.1, 0.15) is 0 Å². The molecule has 0 saturated carbocycles. The predicted molar refractivity (Wildman–Crippen MR) is 72.3 cm³/mol. The van der Waals surface area contributed by atoms with Gasteiger partial charge in [0.15, 0.2) is 0 Å². The summed E-state index contributed by atoms with van der Waals surface area (Å²) in [6.45, 7) is 9.21. The molecule has 1 unspecified atom stereocenters. The maximum atomic E-state index is 4.54. The van der Waals surface area contributed by atoms with Crippen molar-refractivity contribution in [1.29, 1.82) is 0 Å². The fraction of sp³-hybridized carbons (Fsp3) is 0.429. The Hall–Kier alpha value is -1.68. The van der Waals surface area contributed by atoms with Crippen LogP contribution in [0.2, 0.25) is 0 Å². The van der Waals surface area contributed by atoms with Gasteiger partial charge in [-0.1, -0.05) is 0 Å². The van der Waals surface area contributed by atoms with E-state index in [1.54, 1.807) is 6.33 Å². The number of aromatic amines is 1. The Morgan fingerprint density at radius 2 is 2.11 bits per heavy atom. The van der Waals surface area contributed by atoms with E-state index in [9.17, 15) is 0 Å². The van der Waals surface area contributed by atoms with Crippen LogP contribution in [0.3, 0.4) is 0 Å².